The van der Waals surface area contributed by atoms with Crippen LogP contribution in [0.1, 0.15) is 28.8 Å². The van der Waals surface area contributed by atoms with E-state index in [2.05, 4.69) is 33.3 Å². The number of piperidine rings is 1. The second-order valence-electron chi connectivity index (χ2n) is 11.9. The van der Waals surface area contributed by atoms with Crippen molar-refractivity contribution >= 4 is 33.5 Å². The van der Waals surface area contributed by atoms with Gasteiger partial charge in [0, 0.05) is 52.1 Å². The van der Waals surface area contributed by atoms with Crippen molar-refractivity contribution in [2.24, 2.45) is 0 Å². The van der Waals surface area contributed by atoms with Crippen LogP contribution in [-0.4, -0.2) is 51.5 Å². The van der Waals surface area contributed by atoms with E-state index in [1.165, 1.54) is 0 Å². The number of nitrogens with one attached hydrogen (secondary N) is 1. The molecule has 6 aromatic rings. The molecule has 7 rings (SSSR count). The highest BCUT2D eigenvalue weighted by molar-refractivity contribution is 6.05. The van der Waals surface area contributed by atoms with E-state index in [9.17, 15) is 9.59 Å². The summed E-state index contributed by atoms with van der Waals surface area (Å²) in [6, 6.07) is 27.2. The molecule has 0 atom stereocenters. The number of amides is 1. The van der Waals surface area contributed by atoms with Crippen molar-refractivity contribution in [3.63, 3.8) is 0 Å². The van der Waals surface area contributed by atoms with Crippen molar-refractivity contribution in [3.05, 3.63) is 119 Å². The standard InChI is InChI=1S/C37H34N6O2/c1-23-19-30(10-11-31(23)24-3-5-25(6-4-24)37(45)41-29-15-17-42(2)18-16-29)43-35(44)14-9-28-22-39-33-12-7-26(20-32(33)36(28)43)27-8-13-34(38)40-21-27/h3-14,19-22,29H,15-18H2,1-2H3,(H2,38,40)(H,41,45). The second kappa shape index (κ2) is 11.6. The number of aromatic nitrogens is 3. The lowest BCUT2D eigenvalue weighted by atomic mass is 9.98. The molecule has 0 bridgehead atoms. The van der Waals surface area contributed by atoms with Crippen molar-refractivity contribution in [3.8, 4) is 27.9 Å². The number of hydrogen-bond acceptors (Lipinski definition) is 6. The van der Waals surface area contributed by atoms with Crippen LogP contribution in [0.2, 0.25) is 0 Å². The van der Waals surface area contributed by atoms with Gasteiger partial charge >= 0.3 is 0 Å². The number of nitrogens with zero attached hydrogens (tertiary/aromatic N) is 4. The first-order valence-electron chi connectivity index (χ1n) is 15.2. The summed E-state index contributed by atoms with van der Waals surface area (Å²) in [6.45, 7) is 4.04. The van der Waals surface area contributed by atoms with Crippen LogP contribution in [-0.2, 0) is 0 Å². The van der Waals surface area contributed by atoms with Gasteiger partial charge in [-0.05, 0) is 117 Å². The maximum atomic E-state index is 13.5. The Balaban J connectivity index is 1.23. The summed E-state index contributed by atoms with van der Waals surface area (Å²) in [4.78, 5) is 37.6. The van der Waals surface area contributed by atoms with Crippen LogP contribution < -0.4 is 16.6 Å². The summed E-state index contributed by atoms with van der Waals surface area (Å²) in [7, 11) is 2.11. The van der Waals surface area contributed by atoms with Gasteiger partial charge < -0.3 is 16.0 Å². The van der Waals surface area contributed by atoms with Crippen LogP contribution >= 0.6 is 0 Å². The van der Waals surface area contributed by atoms with Crippen LogP contribution in [0.5, 0.6) is 0 Å². The summed E-state index contributed by atoms with van der Waals surface area (Å²) < 4.78 is 1.76. The van der Waals surface area contributed by atoms with Crippen LogP contribution in [0.4, 0.5) is 5.82 Å². The van der Waals surface area contributed by atoms with Gasteiger partial charge in [-0.25, -0.2) is 4.98 Å². The number of carbonyl (C=O) groups is 1. The molecule has 0 saturated carbocycles. The first kappa shape index (κ1) is 28.4. The van der Waals surface area contributed by atoms with Gasteiger partial charge in [0.1, 0.15) is 5.82 Å². The van der Waals surface area contributed by atoms with E-state index in [-0.39, 0.29) is 17.5 Å². The zero-order valence-corrected chi connectivity index (χ0v) is 25.3. The van der Waals surface area contributed by atoms with E-state index >= 15 is 0 Å². The molecule has 45 heavy (non-hydrogen) atoms. The Morgan fingerprint density at radius 3 is 2.33 bits per heavy atom. The van der Waals surface area contributed by atoms with Gasteiger partial charge in [0.2, 0.25) is 0 Å². The maximum absolute atomic E-state index is 13.5. The van der Waals surface area contributed by atoms with E-state index in [0.717, 1.165) is 81.2 Å². The molecule has 3 aromatic carbocycles. The number of hydrogen-bond donors (Lipinski definition) is 2. The molecule has 0 unspecified atom stereocenters. The number of anilines is 1. The van der Waals surface area contributed by atoms with E-state index in [1.54, 1.807) is 22.9 Å². The Bertz CT molecular complexity index is 2110. The lowest BCUT2D eigenvalue weighted by molar-refractivity contribution is 0.0917. The SMILES string of the molecule is Cc1cc(-n2c(=O)ccc3cnc4ccc(-c5ccc(N)nc5)cc4c32)ccc1-c1ccc(C(=O)NC2CCN(C)CC2)cc1. The van der Waals surface area contributed by atoms with Gasteiger partial charge in [0.05, 0.1) is 11.0 Å². The van der Waals surface area contributed by atoms with Crippen molar-refractivity contribution < 1.29 is 4.79 Å². The van der Waals surface area contributed by atoms with Crippen molar-refractivity contribution in [2.75, 3.05) is 25.9 Å². The molecule has 0 spiro atoms. The fourth-order valence-corrected chi connectivity index (χ4v) is 6.26. The van der Waals surface area contributed by atoms with Gasteiger partial charge in [0.25, 0.3) is 11.5 Å². The van der Waals surface area contributed by atoms with E-state index in [1.807, 2.05) is 79.9 Å². The molecule has 1 saturated heterocycles. The topological polar surface area (TPSA) is 106 Å². The minimum absolute atomic E-state index is 0.0314. The Kier molecular flexibility index (Phi) is 7.35. The van der Waals surface area contributed by atoms with Gasteiger partial charge in [-0.2, -0.15) is 0 Å². The van der Waals surface area contributed by atoms with Crippen molar-refractivity contribution in [2.45, 2.75) is 25.8 Å². The quantitative estimate of drug-likeness (QED) is 0.238. The molecule has 1 aliphatic rings. The number of nitrogens with two attached hydrogens (primary N) is 1. The molecular weight excluding hydrogens is 560 g/mol. The van der Waals surface area contributed by atoms with Gasteiger partial charge in [-0.1, -0.05) is 24.3 Å². The molecule has 1 amide bonds. The molecule has 0 aliphatic carbocycles. The highest BCUT2D eigenvalue weighted by Gasteiger charge is 2.19. The predicted molar refractivity (Wildman–Crippen MR) is 181 cm³/mol. The Morgan fingerprint density at radius 2 is 1.60 bits per heavy atom. The molecule has 8 heteroatoms. The van der Waals surface area contributed by atoms with Crippen LogP contribution in [0.3, 0.4) is 0 Å². The summed E-state index contributed by atoms with van der Waals surface area (Å²) in [5.74, 6) is 0.430. The number of carbonyl (C=O) groups excluding carboxylic acids is 1. The molecule has 3 N–H and O–H groups in total. The first-order valence-corrected chi connectivity index (χ1v) is 15.2. The molecule has 224 valence electrons. The number of likely N-dealkylation sites (tertiary alicyclic amines) is 1. The Hall–Kier alpha value is -5.34. The zero-order chi connectivity index (χ0) is 31.1. The number of rotatable bonds is 5. The molecule has 1 aliphatic heterocycles. The third-order valence-corrected chi connectivity index (χ3v) is 8.82. The fraction of sp³-hybridized carbons (Fsp3) is 0.189. The normalized spacial score (nSPS) is 14.2. The third kappa shape index (κ3) is 5.56. The molecule has 8 nitrogen and oxygen atoms in total. The smallest absolute Gasteiger partial charge is 0.255 e. The highest BCUT2D eigenvalue weighted by Crippen LogP contribution is 2.31. The third-order valence-electron chi connectivity index (χ3n) is 8.82. The summed E-state index contributed by atoms with van der Waals surface area (Å²) >= 11 is 0. The average molecular weight is 595 g/mol. The molecule has 1 fully saturated rings. The summed E-state index contributed by atoms with van der Waals surface area (Å²) in [5.41, 5.74) is 13.7. The number of fused-ring (bicyclic) bond motifs is 3. The summed E-state index contributed by atoms with van der Waals surface area (Å²) in [5, 5.41) is 4.93. The monoisotopic (exact) mass is 594 g/mol. The van der Waals surface area contributed by atoms with Gasteiger partial charge in [0.15, 0.2) is 0 Å². The van der Waals surface area contributed by atoms with Crippen molar-refractivity contribution in [1.29, 1.82) is 0 Å². The number of aryl methyl sites for hydroxylation is 1. The Labute approximate surface area is 261 Å². The number of benzene rings is 3. The van der Waals surface area contributed by atoms with Gasteiger partial charge in [-0.3, -0.25) is 19.1 Å². The fourth-order valence-electron chi connectivity index (χ4n) is 6.26. The second-order valence-corrected chi connectivity index (χ2v) is 11.9. The first-order chi connectivity index (χ1) is 21.8. The van der Waals surface area contributed by atoms with Gasteiger partial charge in [-0.15, -0.1) is 0 Å². The van der Waals surface area contributed by atoms with E-state index < -0.39 is 0 Å². The van der Waals surface area contributed by atoms with E-state index in [0.29, 0.717) is 11.4 Å². The predicted octanol–water partition coefficient (Wildman–Crippen LogP) is 5.98. The molecule has 0 radical (unpaired) electrons. The largest absolute Gasteiger partial charge is 0.384 e. The highest BCUT2D eigenvalue weighted by atomic mass is 16.1. The molecule has 4 heterocycles. The minimum Gasteiger partial charge on any atom is -0.384 e. The van der Waals surface area contributed by atoms with Crippen LogP contribution in [0.25, 0.3) is 49.7 Å². The maximum Gasteiger partial charge on any atom is 0.255 e. The zero-order valence-electron chi connectivity index (χ0n) is 25.3. The molecular formula is C37H34N6O2. The summed E-state index contributed by atoms with van der Waals surface area (Å²) in [6.07, 6.45) is 5.50. The lowest BCUT2D eigenvalue weighted by Crippen LogP contribution is -2.43. The minimum atomic E-state index is -0.123. The number of nitrogen functional groups attached to an aromatic ring is 1. The van der Waals surface area contributed by atoms with Crippen LogP contribution in [0.15, 0.2) is 102 Å². The van der Waals surface area contributed by atoms with Crippen LogP contribution in [0, 0.1) is 6.92 Å². The lowest BCUT2D eigenvalue weighted by Gasteiger charge is -2.29. The van der Waals surface area contributed by atoms with E-state index in [4.69, 9.17) is 5.73 Å². The van der Waals surface area contributed by atoms with Crippen molar-refractivity contribution in [1.82, 2.24) is 24.8 Å². The number of pyridine rings is 3. The molecule has 3 aromatic heterocycles. The Morgan fingerprint density at radius 1 is 0.844 bits per heavy atom. The average Bonchev–Trinajstić information content (AvgIpc) is 3.06.